The van der Waals surface area contributed by atoms with Gasteiger partial charge in [0.25, 0.3) is 0 Å². The maximum Gasteiger partial charge on any atom is -0.000623 e. The summed E-state index contributed by atoms with van der Waals surface area (Å²) < 4.78 is 0. The van der Waals surface area contributed by atoms with Gasteiger partial charge in [-0.15, -0.1) is 0 Å². The molecular weight excluding hydrogens is 280 g/mol. The Balaban J connectivity index is 2.26. The largest absolute Gasteiger partial charge is 0.156 e. The highest BCUT2D eigenvalue weighted by molar-refractivity contribution is 9.58. The van der Waals surface area contributed by atoms with E-state index in [-0.39, 0.29) is 5.41 Å². The first-order valence-corrected chi connectivity index (χ1v) is 9.82. The van der Waals surface area contributed by atoms with Crippen LogP contribution in [0.4, 0.5) is 0 Å². The molecule has 2 rings (SSSR count). The Morgan fingerprint density at radius 2 is 1.50 bits per heavy atom. The van der Waals surface area contributed by atoms with Crippen molar-refractivity contribution in [3.8, 4) is 0 Å². The normalized spacial score (nSPS) is 22.0. The van der Waals surface area contributed by atoms with Crippen LogP contribution >= 0.6 is 23.3 Å². The summed E-state index contributed by atoms with van der Waals surface area (Å²) in [5.74, 6) is 2.73. The second-order valence-electron chi connectivity index (χ2n) is 5.68. The summed E-state index contributed by atoms with van der Waals surface area (Å²) in [5, 5.41) is 0. The van der Waals surface area contributed by atoms with Crippen molar-refractivity contribution in [1.82, 2.24) is 0 Å². The zero-order chi connectivity index (χ0) is 11.8. The lowest BCUT2D eigenvalue weighted by atomic mass is 9.87. The van der Waals surface area contributed by atoms with Crippen LogP contribution in [0.3, 0.4) is 0 Å². The molecule has 16 heavy (non-hydrogen) atoms. The van der Waals surface area contributed by atoms with Gasteiger partial charge < -0.3 is 0 Å². The van der Waals surface area contributed by atoms with E-state index in [1.165, 1.54) is 34.8 Å². The second-order valence-corrected chi connectivity index (χ2v) is 12.3. The molecule has 1 aromatic rings. The first-order valence-electron chi connectivity index (χ1n) is 6.01. The molecular formula is C14H21BrS. The molecule has 90 valence electrons. The Morgan fingerprint density at radius 1 is 1.00 bits per heavy atom. The number of benzene rings is 1. The SMILES string of the molecule is CC(C)(C)c1ccc(S2(Br)CCCC2)cc1. The van der Waals surface area contributed by atoms with Gasteiger partial charge in [0, 0.05) is 0 Å². The van der Waals surface area contributed by atoms with E-state index in [2.05, 4.69) is 59.8 Å². The van der Waals surface area contributed by atoms with E-state index in [1.54, 1.807) is 0 Å². The summed E-state index contributed by atoms with van der Waals surface area (Å²) in [4.78, 5) is 1.54. The minimum atomic E-state index is -0.632. The van der Waals surface area contributed by atoms with Crippen molar-refractivity contribution in [1.29, 1.82) is 0 Å². The smallest absolute Gasteiger partial charge is 0.000623 e. The van der Waals surface area contributed by atoms with Gasteiger partial charge in [-0.2, -0.15) is 8.46 Å². The molecule has 1 aliphatic rings. The van der Waals surface area contributed by atoms with E-state index < -0.39 is 8.46 Å². The minimum absolute atomic E-state index is 0.267. The van der Waals surface area contributed by atoms with Crippen LogP contribution in [0.1, 0.15) is 39.2 Å². The Labute approximate surface area is 108 Å². The molecule has 0 N–H and O–H groups in total. The molecule has 1 fully saturated rings. The molecule has 0 aliphatic carbocycles. The van der Waals surface area contributed by atoms with Crippen LogP contribution in [-0.2, 0) is 5.41 Å². The van der Waals surface area contributed by atoms with Crippen molar-refractivity contribution in [3.63, 3.8) is 0 Å². The van der Waals surface area contributed by atoms with E-state index in [0.717, 1.165) is 0 Å². The number of hydrogen-bond acceptors (Lipinski definition) is 0. The third-order valence-electron chi connectivity index (χ3n) is 3.33. The molecule has 2 heteroatoms. The molecule has 0 saturated carbocycles. The van der Waals surface area contributed by atoms with Gasteiger partial charge in [0.05, 0.1) is 0 Å². The Kier molecular flexibility index (Phi) is 3.42. The predicted octanol–water partition coefficient (Wildman–Crippen LogP) is 5.25. The zero-order valence-corrected chi connectivity index (χ0v) is 12.8. The maximum atomic E-state index is 4.01. The molecule has 0 radical (unpaired) electrons. The first kappa shape index (κ1) is 12.5. The summed E-state index contributed by atoms with van der Waals surface area (Å²) in [6.07, 6.45) is 2.78. The molecule has 1 heterocycles. The van der Waals surface area contributed by atoms with Gasteiger partial charge in [-0.25, -0.2) is 0 Å². The Bertz CT molecular complexity index is 355. The van der Waals surface area contributed by atoms with Crippen LogP contribution in [-0.4, -0.2) is 11.5 Å². The van der Waals surface area contributed by atoms with Gasteiger partial charge >= 0.3 is 0 Å². The highest BCUT2D eigenvalue weighted by atomic mass is 79.9. The van der Waals surface area contributed by atoms with Crippen LogP contribution in [0, 0.1) is 0 Å². The highest BCUT2D eigenvalue weighted by Gasteiger charge is 2.27. The fourth-order valence-corrected chi connectivity index (χ4v) is 6.84. The van der Waals surface area contributed by atoms with Crippen LogP contribution in [0.5, 0.6) is 0 Å². The number of hydrogen-bond donors (Lipinski definition) is 0. The van der Waals surface area contributed by atoms with E-state index in [0.29, 0.717) is 0 Å². The highest BCUT2D eigenvalue weighted by Crippen LogP contribution is 2.66. The predicted molar refractivity (Wildman–Crippen MR) is 78.9 cm³/mol. The first-order chi connectivity index (χ1) is 7.42. The van der Waals surface area contributed by atoms with Crippen LogP contribution in [0.2, 0.25) is 0 Å². The Morgan fingerprint density at radius 3 is 1.94 bits per heavy atom. The minimum Gasteiger partial charge on any atom is -0.156 e. The molecule has 1 aliphatic heterocycles. The molecule has 0 spiro atoms. The second kappa shape index (κ2) is 4.38. The third-order valence-corrected chi connectivity index (χ3v) is 9.38. The molecule has 0 unspecified atom stereocenters. The van der Waals surface area contributed by atoms with Crippen LogP contribution < -0.4 is 0 Å². The fraction of sp³-hybridized carbons (Fsp3) is 0.571. The van der Waals surface area contributed by atoms with E-state index in [4.69, 9.17) is 0 Å². The zero-order valence-electron chi connectivity index (χ0n) is 10.4. The lowest BCUT2D eigenvalue weighted by Crippen LogP contribution is -2.10. The molecule has 0 amide bonds. The van der Waals surface area contributed by atoms with Crippen LogP contribution in [0.15, 0.2) is 29.2 Å². The summed E-state index contributed by atoms with van der Waals surface area (Å²) in [6, 6.07) is 9.30. The summed E-state index contributed by atoms with van der Waals surface area (Å²) in [6.45, 7) is 6.82. The van der Waals surface area contributed by atoms with Crippen molar-refractivity contribution in [2.45, 2.75) is 43.9 Å². The standard InChI is InChI=1S/C14H21BrS/c1-14(2,3)12-6-8-13(9-7-12)16(15)10-4-5-11-16/h6-9H,4-5,10-11H2,1-3H3. The molecule has 1 aromatic carbocycles. The Hall–Kier alpha value is 0.0500. The van der Waals surface area contributed by atoms with Crippen molar-refractivity contribution in [2.24, 2.45) is 0 Å². The molecule has 0 atom stereocenters. The summed E-state index contributed by atoms with van der Waals surface area (Å²) in [7, 11) is -0.632. The van der Waals surface area contributed by atoms with Crippen molar-refractivity contribution in [2.75, 3.05) is 11.5 Å². The van der Waals surface area contributed by atoms with Crippen molar-refractivity contribution < 1.29 is 0 Å². The average molecular weight is 301 g/mol. The van der Waals surface area contributed by atoms with Crippen molar-refractivity contribution in [3.05, 3.63) is 29.8 Å². The molecule has 0 bridgehead atoms. The third kappa shape index (κ3) is 2.48. The number of rotatable bonds is 1. The van der Waals surface area contributed by atoms with Gasteiger partial charge in [0.1, 0.15) is 0 Å². The van der Waals surface area contributed by atoms with E-state index >= 15 is 0 Å². The van der Waals surface area contributed by atoms with Gasteiger partial charge in [0.2, 0.25) is 0 Å². The van der Waals surface area contributed by atoms with Gasteiger partial charge in [-0.1, -0.05) is 32.9 Å². The van der Waals surface area contributed by atoms with Gasteiger partial charge in [0.15, 0.2) is 0 Å². The topological polar surface area (TPSA) is 0 Å². The summed E-state index contributed by atoms with van der Waals surface area (Å²) in [5.41, 5.74) is 1.70. The number of halogens is 1. The molecule has 1 saturated heterocycles. The quantitative estimate of drug-likeness (QED) is 0.664. The van der Waals surface area contributed by atoms with Crippen LogP contribution in [0.25, 0.3) is 0 Å². The molecule has 0 aromatic heterocycles. The lowest BCUT2D eigenvalue weighted by molar-refractivity contribution is 0.589. The van der Waals surface area contributed by atoms with Gasteiger partial charge in [-0.3, -0.25) is 0 Å². The fourth-order valence-electron chi connectivity index (χ4n) is 2.20. The monoisotopic (exact) mass is 300 g/mol. The van der Waals surface area contributed by atoms with E-state index in [1.807, 2.05) is 0 Å². The van der Waals surface area contributed by atoms with Gasteiger partial charge in [-0.05, 0) is 67.2 Å². The molecule has 0 nitrogen and oxygen atoms in total. The average Bonchev–Trinajstić information content (AvgIpc) is 2.66. The lowest BCUT2D eigenvalue weighted by Gasteiger charge is -2.29. The van der Waals surface area contributed by atoms with E-state index in [9.17, 15) is 0 Å². The summed E-state index contributed by atoms with van der Waals surface area (Å²) >= 11 is 4.01. The van der Waals surface area contributed by atoms with Crippen molar-refractivity contribution >= 4 is 23.3 Å². The maximum absolute atomic E-state index is 4.01.